The second kappa shape index (κ2) is 8.67. The van der Waals surface area contributed by atoms with Gasteiger partial charge in [0.25, 0.3) is 5.56 Å². The molecule has 1 aliphatic heterocycles. The first-order valence-electron chi connectivity index (χ1n) is 9.31. The highest BCUT2D eigenvalue weighted by molar-refractivity contribution is 5.96. The second-order valence-corrected chi connectivity index (χ2v) is 6.78. The van der Waals surface area contributed by atoms with Crippen molar-refractivity contribution in [2.24, 2.45) is 0 Å². The molecule has 0 aromatic carbocycles. The average molecular weight is 401 g/mol. The zero-order chi connectivity index (χ0) is 21.0. The van der Waals surface area contributed by atoms with Gasteiger partial charge < -0.3 is 10.2 Å². The van der Waals surface area contributed by atoms with Gasteiger partial charge in [0.15, 0.2) is 5.82 Å². The molecule has 1 aliphatic rings. The van der Waals surface area contributed by atoms with Gasteiger partial charge in [-0.1, -0.05) is 0 Å². The number of hydrogen-bond acceptors (Lipinski definition) is 6. The van der Waals surface area contributed by atoms with E-state index in [1.165, 1.54) is 15.6 Å². The maximum Gasteiger partial charge on any atom is 0.324 e. The fourth-order valence-corrected chi connectivity index (χ4v) is 3.01. The van der Waals surface area contributed by atoms with Gasteiger partial charge in [0.05, 0.1) is 12.2 Å². The van der Waals surface area contributed by atoms with Gasteiger partial charge in [0.1, 0.15) is 0 Å². The lowest BCUT2D eigenvalue weighted by molar-refractivity contribution is -0.121. The van der Waals surface area contributed by atoms with Crippen LogP contribution in [0.1, 0.15) is 24.2 Å². The van der Waals surface area contributed by atoms with Crippen LogP contribution in [0.3, 0.4) is 0 Å². The van der Waals surface area contributed by atoms with E-state index in [1.54, 1.807) is 10.7 Å². The molecule has 2 N–H and O–H groups in total. The number of rotatable bonds is 7. The van der Waals surface area contributed by atoms with Crippen LogP contribution in [-0.4, -0.2) is 61.9 Å². The van der Waals surface area contributed by atoms with Gasteiger partial charge in [-0.2, -0.15) is 5.10 Å². The maximum absolute atomic E-state index is 12.0. The van der Waals surface area contributed by atoms with Gasteiger partial charge in [0, 0.05) is 44.2 Å². The van der Waals surface area contributed by atoms with E-state index in [2.05, 4.69) is 20.8 Å². The molecule has 0 radical (unpaired) electrons. The van der Waals surface area contributed by atoms with Gasteiger partial charge in [-0.25, -0.2) is 14.2 Å². The van der Waals surface area contributed by atoms with Crippen molar-refractivity contribution >= 4 is 17.8 Å². The molecule has 0 unspecified atom stereocenters. The highest BCUT2D eigenvalue weighted by Crippen LogP contribution is 2.07. The third kappa shape index (κ3) is 5.06. The van der Waals surface area contributed by atoms with Crippen molar-refractivity contribution in [1.29, 1.82) is 0 Å². The Kier molecular flexibility index (Phi) is 6.05. The van der Waals surface area contributed by atoms with Gasteiger partial charge in [-0.15, -0.1) is 5.10 Å². The van der Waals surface area contributed by atoms with Crippen molar-refractivity contribution < 1.29 is 14.4 Å². The van der Waals surface area contributed by atoms with Crippen LogP contribution in [0.2, 0.25) is 0 Å². The number of hydrogen-bond donors (Lipinski definition) is 2. The number of carbonyl (C=O) groups excluding carboxylic acids is 3. The smallest absolute Gasteiger partial charge is 0.324 e. The quantitative estimate of drug-likeness (QED) is 0.643. The predicted molar refractivity (Wildman–Crippen MR) is 102 cm³/mol. The lowest BCUT2D eigenvalue weighted by atomic mass is 10.3. The monoisotopic (exact) mass is 401 g/mol. The molecule has 2 aromatic rings. The first-order chi connectivity index (χ1) is 13.8. The maximum atomic E-state index is 12.0. The van der Waals surface area contributed by atoms with Crippen LogP contribution < -0.4 is 16.2 Å². The number of nitrogens with one attached hydrogen (secondary N) is 2. The molecule has 0 saturated carbocycles. The Balaban J connectivity index is 1.51. The minimum absolute atomic E-state index is 0.107. The van der Waals surface area contributed by atoms with Crippen LogP contribution in [-0.2, 0) is 16.1 Å². The zero-order valence-corrected chi connectivity index (χ0v) is 16.3. The number of aromatic nitrogens is 4. The van der Waals surface area contributed by atoms with Crippen LogP contribution in [0.5, 0.6) is 0 Å². The van der Waals surface area contributed by atoms with Gasteiger partial charge in [-0.05, 0) is 26.0 Å². The summed E-state index contributed by atoms with van der Waals surface area (Å²) in [6.07, 6.45) is 0.337. The number of aryl methyl sites for hydroxylation is 2. The minimum atomic E-state index is -0.481. The van der Waals surface area contributed by atoms with E-state index >= 15 is 0 Å². The molecule has 0 spiro atoms. The molecule has 2 aromatic heterocycles. The molecular formula is C18H23N7O4. The summed E-state index contributed by atoms with van der Waals surface area (Å²) in [5, 5.41) is 13.6. The Bertz CT molecular complexity index is 994. The van der Waals surface area contributed by atoms with Crippen LogP contribution >= 0.6 is 0 Å². The normalized spacial score (nSPS) is 14.1. The highest BCUT2D eigenvalue weighted by Gasteiger charge is 2.22. The summed E-state index contributed by atoms with van der Waals surface area (Å²) in [6.45, 7) is 4.72. The largest absolute Gasteiger partial charge is 0.354 e. The molecule has 154 valence electrons. The third-order valence-corrected chi connectivity index (χ3v) is 4.48. The second-order valence-electron chi connectivity index (χ2n) is 6.78. The Morgan fingerprint density at radius 1 is 1.17 bits per heavy atom. The van der Waals surface area contributed by atoms with Gasteiger partial charge in [-0.3, -0.25) is 19.7 Å². The first kappa shape index (κ1) is 20.2. The Morgan fingerprint density at radius 3 is 2.66 bits per heavy atom. The summed E-state index contributed by atoms with van der Waals surface area (Å²) in [4.78, 5) is 48.2. The predicted octanol–water partition coefficient (Wildman–Crippen LogP) is -0.506. The van der Waals surface area contributed by atoms with Crippen LogP contribution in [0.15, 0.2) is 23.0 Å². The first-order valence-corrected chi connectivity index (χ1v) is 9.31. The fourth-order valence-electron chi connectivity index (χ4n) is 3.01. The SMILES string of the molecule is Cc1cc(C)n(-c2ccc(=O)n(CCNC(=O)CCN3CCC(=O)NC3=O)n2)n1. The molecule has 11 nitrogen and oxygen atoms in total. The van der Waals surface area contributed by atoms with Crippen molar-refractivity contribution in [2.75, 3.05) is 19.6 Å². The molecule has 3 heterocycles. The third-order valence-electron chi connectivity index (χ3n) is 4.48. The van der Waals surface area contributed by atoms with E-state index in [9.17, 15) is 19.2 Å². The summed E-state index contributed by atoms with van der Waals surface area (Å²) < 4.78 is 2.92. The summed E-state index contributed by atoms with van der Waals surface area (Å²) in [5.41, 5.74) is 1.47. The summed E-state index contributed by atoms with van der Waals surface area (Å²) in [6, 6.07) is 4.45. The Hall–Kier alpha value is -3.50. The van der Waals surface area contributed by atoms with Crippen molar-refractivity contribution in [3.63, 3.8) is 0 Å². The number of amides is 4. The molecule has 3 rings (SSSR count). The number of imide groups is 1. The van der Waals surface area contributed by atoms with Crippen molar-refractivity contribution in [1.82, 2.24) is 35.1 Å². The molecule has 0 aliphatic carbocycles. The van der Waals surface area contributed by atoms with E-state index in [0.29, 0.717) is 12.4 Å². The molecule has 0 bridgehead atoms. The highest BCUT2D eigenvalue weighted by atomic mass is 16.2. The van der Waals surface area contributed by atoms with Crippen LogP contribution in [0, 0.1) is 13.8 Å². The number of carbonyl (C=O) groups is 3. The van der Waals surface area contributed by atoms with Crippen molar-refractivity contribution in [2.45, 2.75) is 33.2 Å². The van der Waals surface area contributed by atoms with E-state index < -0.39 is 6.03 Å². The lowest BCUT2D eigenvalue weighted by Gasteiger charge is -2.26. The Labute approximate surface area is 166 Å². The average Bonchev–Trinajstić information content (AvgIpc) is 3.00. The number of urea groups is 1. The summed E-state index contributed by atoms with van der Waals surface area (Å²) in [7, 11) is 0. The van der Waals surface area contributed by atoms with Crippen molar-refractivity contribution in [3.05, 3.63) is 39.9 Å². The van der Waals surface area contributed by atoms with E-state index in [4.69, 9.17) is 0 Å². The molecular weight excluding hydrogens is 378 g/mol. The summed E-state index contributed by atoms with van der Waals surface area (Å²) in [5.74, 6) is -0.0408. The lowest BCUT2D eigenvalue weighted by Crippen LogP contribution is -2.50. The van der Waals surface area contributed by atoms with Gasteiger partial charge in [0.2, 0.25) is 11.8 Å². The molecule has 1 saturated heterocycles. The van der Waals surface area contributed by atoms with E-state index in [-0.39, 0.29) is 49.8 Å². The van der Waals surface area contributed by atoms with Crippen molar-refractivity contribution in [3.8, 4) is 5.82 Å². The minimum Gasteiger partial charge on any atom is -0.354 e. The van der Waals surface area contributed by atoms with E-state index in [0.717, 1.165) is 11.4 Å². The van der Waals surface area contributed by atoms with Crippen LogP contribution in [0.4, 0.5) is 4.79 Å². The van der Waals surface area contributed by atoms with E-state index in [1.807, 2.05) is 19.9 Å². The Morgan fingerprint density at radius 2 is 1.97 bits per heavy atom. The number of nitrogens with zero attached hydrogens (tertiary/aromatic N) is 5. The molecule has 29 heavy (non-hydrogen) atoms. The molecule has 1 fully saturated rings. The molecule has 4 amide bonds. The zero-order valence-electron chi connectivity index (χ0n) is 16.3. The van der Waals surface area contributed by atoms with Gasteiger partial charge >= 0.3 is 6.03 Å². The summed E-state index contributed by atoms with van der Waals surface area (Å²) >= 11 is 0. The van der Waals surface area contributed by atoms with Crippen LogP contribution in [0.25, 0.3) is 5.82 Å². The fraction of sp³-hybridized carbons (Fsp3) is 0.444. The molecule has 0 atom stereocenters. The topological polar surface area (TPSA) is 131 Å². The molecule has 11 heteroatoms. The standard InChI is InChI=1S/C18H23N7O4/c1-12-11-13(2)25(21-12)14-3-4-17(28)24(22-14)10-7-19-15(26)5-8-23-9-6-16(27)20-18(23)29/h3-4,11H,5-10H2,1-2H3,(H,19,26)(H,20,27,29).